The fourth-order valence-electron chi connectivity index (χ4n) is 2.62. The SMILES string of the molecule is CSCCC(NC(=O)c1ccccc1Br)C(=O)N1CCN(C)CC1. The van der Waals surface area contributed by atoms with Gasteiger partial charge in [0.15, 0.2) is 0 Å². The van der Waals surface area contributed by atoms with Crippen molar-refractivity contribution >= 4 is 39.5 Å². The fourth-order valence-corrected chi connectivity index (χ4v) is 3.56. The van der Waals surface area contributed by atoms with Crippen LogP contribution in [0.3, 0.4) is 0 Å². The molecule has 1 unspecified atom stereocenters. The lowest BCUT2D eigenvalue weighted by Gasteiger charge is -2.34. The lowest BCUT2D eigenvalue weighted by Crippen LogP contribution is -2.54. The maximum Gasteiger partial charge on any atom is 0.253 e. The molecule has 7 heteroatoms. The molecule has 0 aliphatic carbocycles. The highest BCUT2D eigenvalue weighted by Crippen LogP contribution is 2.16. The molecule has 0 bridgehead atoms. The Morgan fingerprint density at radius 2 is 1.92 bits per heavy atom. The lowest BCUT2D eigenvalue weighted by molar-refractivity contribution is -0.134. The Hall–Kier alpha value is -1.05. The summed E-state index contributed by atoms with van der Waals surface area (Å²) in [6.45, 7) is 3.18. The summed E-state index contributed by atoms with van der Waals surface area (Å²) < 4.78 is 0.734. The van der Waals surface area contributed by atoms with E-state index in [1.165, 1.54) is 0 Å². The molecule has 5 nitrogen and oxygen atoms in total. The van der Waals surface area contributed by atoms with Crippen molar-refractivity contribution in [3.63, 3.8) is 0 Å². The third-order valence-corrected chi connectivity index (χ3v) is 5.48. The minimum atomic E-state index is -0.472. The Bertz CT molecular complexity index is 577. The number of nitrogens with one attached hydrogen (secondary N) is 1. The normalized spacial score (nSPS) is 16.7. The standard InChI is InChI=1S/C17H24BrN3O2S/c1-20-8-10-21(11-9-20)17(23)15(7-12-24-2)19-16(22)13-5-3-4-6-14(13)18/h3-6,15H,7-12H2,1-2H3,(H,19,22). The second-order valence-corrected chi connectivity index (χ2v) is 7.76. The van der Waals surface area contributed by atoms with Crippen molar-refractivity contribution in [2.75, 3.05) is 45.2 Å². The van der Waals surface area contributed by atoms with E-state index in [4.69, 9.17) is 0 Å². The van der Waals surface area contributed by atoms with E-state index >= 15 is 0 Å². The van der Waals surface area contributed by atoms with Gasteiger partial charge in [-0.3, -0.25) is 9.59 Å². The van der Waals surface area contributed by atoms with E-state index in [0.717, 1.165) is 36.4 Å². The van der Waals surface area contributed by atoms with Gasteiger partial charge in [-0.25, -0.2) is 0 Å². The number of carbonyl (C=O) groups excluding carboxylic acids is 2. The van der Waals surface area contributed by atoms with Crippen LogP contribution >= 0.6 is 27.7 Å². The van der Waals surface area contributed by atoms with Crippen molar-refractivity contribution in [3.8, 4) is 0 Å². The third-order valence-electron chi connectivity index (χ3n) is 4.15. The summed E-state index contributed by atoms with van der Waals surface area (Å²) in [5.74, 6) is 0.647. The van der Waals surface area contributed by atoms with Gasteiger partial charge < -0.3 is 15.1 Å². The second-order valence-electron chi connectivity index (χ2n) is 5.92. The van der Waals surface area contributed by atoms with Gasteiger partial charge in [0.2, 0.25) is 5.91 Å². The van der Waals surface area contributed by atoms with Gasteiger partial charge in [0.25, 0.3) is 5.91 Å². The monoisotopic (exact) mass is 413 g/mol. The van der Waals surface area contributed by atoms with Gasteiger partial charge in [-0.15, -0.1) is 0 Å². The Labute approximate surface area is 156 Å². The van der Waals surface area contributed by atoms with Crippen molar-refractivity contribution in [1.82, 2.24) is 15.1 Å². The maximum absolute atomic E-state index is 12.8. The molecule has 2 rings (SSSR count). The Balaban J connectivity index is 2.06. The number of hydrogen-bond donors (Lipinski definition) is 1. The molecular formula is C17H24BrN3O2S. The van der Waals surface area contributed by atoms with Crippen LogP contribution in [-0.2, 0) is 4.79 Å². The number of hydrogen-bond acceptors (Lipinski definition) is 4. The van der Waals surface area contributed by atoms with Gasteiger partial charge in [-0.05, 0) is 53.5 Å². The number of thioether (sulfide) groups is 1. The first-order chi connectivity index (χ1) is 11.5. The first kappa shape index (κ1) is 19.3. The van der Waals surface area contributed by atoms with Crippen LogP contribution in [0.5, 0.6) is 0 Å². The minimum Gasteiger partial charge on any atom is -0.340 e. The molecule has 1 heterocycles. The van der Waals surface area contributed by atoms with E-state index in [-0.39, 0.29) is 11.8 Å². The van der Waals surface area contributed by atoms with E-state index in [1.54, 1.807) is 17.8 Å². The van der Waals surface area contributed by atoms with Crippen molar-refractivity contribution < 1.29 is 9.59 Å². The molecule has 24 heavy (non-hydrogen) atoms. The molecule has 1 N–H and O–H groups in total. The molecule has 1 saturated heterocycles. The number of halogens is 1. The molecule has 1 aromatic carbocycles. The van der Waals surface area contributed by atoms with Crippen LogP contribution in [0.2, 0.25) is 0 Å². The van der Waals surface area contributed by atoms with Crippen LogP contribution in [0, 0.1) is 0 Å². The molecular weight excluding hydrogens is 390 g/mol. The largest absolute Gasteiger partial charge is 0.340 e. The van der Waals surface area contributed by atoms with Crippen molar-refractivity contribution in [2.24, 2.45) is 0 Å². The number of benzene rings is 1. The average molecular weight is 414 g/mol. The van der Waals surface area contributed by atoms with Gasteiger partial charge in [0.05, 0.1) is 5.56 Å². The van der Waals surface area contributed by atoms with Crippen LogP contribution in [0.25, 0.3) is 0 Å². The van der Waals surface area contributed by atoms with Crippen LogP contribution in [0.4, 0.5) is 0 Å². The quantitative estimate of drug-likeness (QED) is 0.775. The Kier molecular flexibility index (Phi) is 7.58. The number of nitrogens with zero attached hydrogens (tertiary/aromatic N) is 2. The summed E-state index contributed by atoms with van der Waals surface area (Å²) in [7, 11) is 2.06. The smallest absolute Gasteiger partial charge is 0.253 e. The third kappa shape index (κ3) is 5.22. The number of likely N-dealkylation sites (N-methyl/N-ethyl adjacent to an activating group) is 1. The summed E-state index contributed by atoms with van der Waals surface area (Å²) in [4.78, 5) is 29.5. The van der Waals surface area contributed by atoms with Crippen LogP contribution < -0.4 is 5.32 Å². The molecule has 132 valence electrons. The number of rotatable bonds is 6. The summed E-state index contributed by atoms with van der Waals surface area (Å²) in [6.07, 6.45) is 2.65. The lowest BCUT2D eigenvalue weighted by atomic mass is 10.1. The molecule has 1 aliphatic heterocycles. The maximum atomic E-state index is 12.8. The van der Waals surface area contributed by atoms with Crippen molar-refractivity contribution in [1.29, 1.82) is 0 Å². The molecule has 1 fully saturated rings. The molecule has 0 radical (unpaired) electrons. The molecule has 0 saturated carbocycles. The zero-order chi connectivity index (χ0) is 17.5. The molecule has 1 aliphatic rings. The van der Waals surface area contributed by atoms with Crippen LogP contribution in [0.15, 0.2) is 28.7 Å². The van der Waals surface area contributed by atoms with Crippen LogP contribution in [0.1, 0.15) is 16.8 Å². The summed E-state index contributed by atoms with van der Waals surface area (Å²) in [6, 6.07) is 6.79. The topological polar surface area (TPSA) is 52.7 Å². The van der Waals surface area contributed by atoms with E-state index < -0.39 is 6.04 Å². The van der Waals surface area contributed by atoms with Gasteiger partial charge in [-0.1, -0.05) is 12.1 Å². The van der Waals surface area contributed by atoms with E-state index in [9.17, 15) is 9.59 Å². The average Bonchev–Trinajstić information content (AvgIpc) is 2.59. The van der Waals surface area contributed by atoms with Gasteiger partial charge in [-0.2, -0.15) is 11.8 Å². The highest BCUT2D eigenvalue weighted by Gasteiger charge is 2.28. The second kappa shape index (κ2) is 9.44. The van der Waals surface area contributed by atoms with E-state index in [2.05, 4.69) is 33.2 Å². The molecule has 1 atom stereocenters. The van der Waals surface area contributed by atoms with Crippen LogP contribution in [-0.4, -0.2) is 72.9 Å². The zero-order valence-corrected chi connectivity index (χ0v) is 16.5. The molecule has 2 amide bonds. The zero-order valence-electron chi connectivity index (χ0n) is 14.1. The highest BCUT2D eigenvalue weighted by molar-refractivity contribution is 9.10. The van der Waals surface area contributed by atoms with Gasteiger partial charge in [0.1, 0.15) is 6.04 Å². The van der Waals surface area contributed by atoms with Crippen molar-refractivity contribution in [2.45, 2.75) is 12.5 Å². The summed E-state index contributed by atoms with van der Waals surface area (Å²) >= 11 is 5.07. The molecule has 0 aromatic heterocycles. The molecule has 1 aromatic rings. The predicted octanol–water partition coefficient (Wildman–Crippen LogP) is 2.07. The van der Waals surface area contributed by atoms with E-state index in [1.807, 2.05) is 29.4 Å². The molecule has 0 spiro atoms. The fraction of sp³-hybridized carbons (Fsp3) is 0.529. The van der Waals surface area contributed by atoms with Crippen molar-refractivity contribution in [3.05, 3.63) is 34.3 Å². The van der Waals surface area contributed by atoms with Gasteiger partial charge in [0, 0.05) is 30.7 Å². The van der Waals surface area contributed by atoms with E-state index in [0.29, 0.717) is 12.0 Å². The number of piperazine rings is 1. The first-order valence-corrected chi connectivity index (χ1v) is 10.2. The summed E-state index contributed by atoms with van der Waals surface area (Å²) in [5.41, 5.74) is 0.554. The Morgan fingerprint density at radius 1 is 1.25 bits per heavy atom. The highest BCUT2D eigenvalue weighted by atomic mass is 79.9. The number of carbonyl (C=O) groups is 2. The number of amides is 2. The Morgan fingerprint density at radius 3 is 2.54 bits per heavy atom. The predicted molar refractivity (Wildman–Crippen MR) is 102 cm³/mol. The van der Waals surface area contributed by atoms with Gasteiger partial charge >= 0.3 is 0 Å². The minimum absolute atomic E-state index is 0.0255. The summed E-state index contributed by atoms with van der Waals surface area (Å²) in [5, 5.41) is 2.93. The first-order valence-electron chi connectivity index (χ1n) is 8.04.